The number of amides is 2. The molecule has 0 bridgehead atoms. The Morgan fingerprint density at radius 1 is 1.08 bits per heavy atom. The van der Waals surface area contributed by atoms with E-state index in [0.29, 0.717) is 5.56 Å². The monoisotopic (exact) mass is 330 g/mol. The predicted molar refractivity (Wildman–Crippen MR) is 87.1 cm³/mol. The lowest BCUT2D eigenvalue weighted by Gasteiger charge is -2.05. The first kappa shape index (κ1) is 17.3. The van der Waals surface area contributed by atoms with Crippen molar-refractivity contribution in [3.05, 3.63) is 76.9 Å². The number of rotatable bonds is 5. The lowest BCUT2D eigenvalue weighted by molar-refractivity contribution is -0.116. The summed E-state index contributed by atoms with van der Waals surface area (Å²) in [7, 11) is 1.53. The summed E-state index contributed by atoms with van der Waals surface area (Å²) < 4.78 is 26.9. The van der Waals surface area contributed by atoms with Gasteiger partial charge in [-0.05, 0) is 35.9 Å². The summed E-state index contributed by atoms with van der Waals surface area (Å²) in [6.45, 7) is 0.188. The first-order valence-corrected chi connectivity index (χ1v) is 7.22. The van der Waals surface area contributed by atoms with Crippen molar-refractivity contribution >= 4 is 17.9 Å². The highest BCUT2D eigenvalue weighted by atomic mass is 19.1. The molecule has 0 radical (unpaired) electrons. The third kappa shape index (κ3) is 4.49. The smallest absolute Gasteiger partial charge is 0.251 e. The minimum atomic E-state index is -0.739. The van der Waals surface area contributed by atoms with Gasteiger partial charge in [-0.3, -0.25) is 9.59 Å². The van der Waals surface area contributed by atoms with Gasteiger partial charge < -0.3 is 10.6 Å². The summed E-state index contributed by atoms with van der Waals surface area (Å²) in [5, 5.41) is 5.10. The minimum absolute atomic E-state index is 0.188. The van der Waals surface area contributed by atoms with Gasteiger partial charge in [-0.1, -0.05) is 18.2 Å². The van der Waals surface area contributed by atoms with Crippen LogP contribution >= 0.6 is 0 Å². The van der Waals surface area contributed by atoms with Crippen molar-refractivity contribution in [2.75, 3.05) is 7.05 Å². The van der Waals surface area contributed by atoms with Gasteiger partial charge in [-0.15, -0.1) is 0 Å². The molecular formula is C18H16F2N2O2. The third-order valence-electron chi connectivity index (χ3n) is 3.28. The van der Waals surface area contributed by atoms with Crippen LogP contribution in [0.25, 0.3) is 6.08 Å². The molecule has 0 aliphatic carbocycles. The number of carbonyl (C=O) groups is 2. The standard InChI is InChI=1S/C18H16F2N2O2/c1-21-18(24)13-5-2-4-12(10-13)11-22-17(23)9-8-14-15(19)6-3-7-16(14)20/h2-10H,11H2,1H3,(H,21,24)(H,22,23)/b9-8+. The Morgan fingerprint density at radius 2 is 1.75 bits per heavy atom. The Bertz CT molecular complexity index is 768. The molecule has 0 fully saturated rings. The van der Waals surface area contributed by atoms with Crippen molar-refractivity contribution in [3.8, 4) is 0 Å². The van der Waals surface area contributed by atoms with Gasteiger partial charge >= 0.3 is 0 Å². The number of carbonyl (C=O) groups excluding carboxylic acids is 2. The number of nitrogens with one attached hydrogen (secondary N) is 2. The van der Waals surface area contributed by atoms with Gasteiger partial charge in [0.05, 0.1) is 0 Å². The molecule has 24 heavy (non-hydrogen) atoms. The first-order valence-electron chi connectivity index (χ1n) is 7.22. The van der Waals surface area contributed by atoms with Gasteiger partial charge in [0, 0.05) is 30.8 Å². The number of benzene rings is 2. The van der Waals surface area contributed by atoms with Crippen LogP contribution in [0.3, 0.4) is 0 Å². The maximum absolute atomic E-state index is 13.4. The Hall–Kier alpha value is -3.02. The molecule has 2 aromatic rings. The second kappa shape index (κ2) is 8.01. The van der Waals surface area contributed by atoms with E-state index in [1.54, 1.807) is 24.3 Å². The zero-order chi connectivity index (χ0) is 17.5. The summed E-state index contributed by atoms with van der Waals surface area (Å²) in [6.07, 6.45) is 2.14. The van der Waals surface area contributed by atoms with E-state index >= 15 is 0 Å². The number of hydrogen-bond donors (Lipinski definition) is 2. The highest BCUT2D eigenvalue weighted by molar-refractivity contribution is 5.94. The Labute approximate surface area is 138 Å². The molecule has 2 amide bonds. The molecule has 0 unspecified atom stereocenters. The Balaban J connectivity index is 1.99. The van der Waals surface area contributed by atoms with Crippen LogP contribution in [0.2, 0.25) is 0 Å². The van der Waals surface area contributed by atoms with Crippen molar-refractivity contribution in [1.29, 1.82) is 0 Å². The number of halogens is 2. The summed E-state index contributed by atoms with van der Waals surface area (Å²) in [5.41, 5.74) is 0.942. The lowest BCUT2D eigenvalue weighted by atomic mass is 10.1. The molecular weight excluding hydrogens is 314 g/mol. The molecule has 2 rings (SSSR count). The van der Waals surface area contributed by atoms with Crippen LogP contribution in [-0.4, -0.2) is 18.9 Å². The molecule has 124 valence electrons. The Kier molecular flexibility index (Phi) is 5.78. The minimum Gasteiger partial charge on any atom is -0.355 e. The summed E-state index contributed by atoms with van der Waals surface area (Å²) in [6, 6.07) is 10.3. The van der Waals surface area contributed by atoms with Gasteiger partial charge in [0.25, 0.3) is 5.91 Å². The zero-order valence-electron chi connectivity index (χ0n) is 13.0. The molecule has 6 heteroatoms. The second-order valence-electron chi connectivity index (χ2n) is 4.97. The van der Waals surface area contributed by atoms with Crippen molar-refractivity contribution in [2.45, 2.75) is 6.54 Å². The third-order valence-corrected chi connectivity index (χ3v) is 3.28. The molecule has 0 saturated heterocycles. The second-order valence-corrected chi connectivity index (χ2v) is 4.97. The molecule has 0 heterocycles. The van der Waals surface area contributed by atoms with Gasteiger partial charge in [-0.2, -0.15) is 0 Å². The van der Waals surface area contributed by atoms with E-state index in [2.05, 4.69) is 10.6 Å². The van der Waals surface area contributed by atoms with Crippen molar-refractivity contribution < 1.29 is 18.4 Å². The molecule has 0 aliphatic rings. The van der Waals surface area contributed by atoms with Crippen LogP contribution in [0.5, 0.6) is 0 Å². The lowest BCUT2D eigenvalue weighted by Crippen LogP contribution is -2.21. The zero-order valence-corrected chi connectivity index (χ0v) is 13.0. The van der Waals surface area contributed by atoms with Crippen molar-refractivity contribution in [1.82, 2.24) is 10.6 Å². The van der Waals surface area contributed by atoms with Crippen LogP contribution in [-0.2, 0) is 11.3 Å². The SMILES string of the molecule is CNC(=O)c1cccc(CNC(=O)/C=C/c2c(F)cccc2F)c1. The van der Waals surface area contributed by atoms with Crippen LogP contribution in [0, 0.1) is 11.6 Å². The van der Waals surface area contributed by atoms with Crippen LogP contribution in [0.4, 0.5) is 8.78 Å². The van der Waals surface area contributed by atoms with Gasteiger partial charge in [-0.25, -0.2) is 8.78 Å². The fourth-order valence-corrected chi connectivity index (χ4v) is 2.04. The van der Waals surface area contributed by atoms with Crippen molar-refractivity contribution in [2.24, 2.45) is 0 Å². The molecule has 0 spiro atoms. The molecule has 2 N–H and O–H groups in total. The average Bonchev–Trinajstić information content (AvgIpc) is 2.59. The topological polar surface area (TPSA) is 58.2 Å². The Morgan fingerprint density at radius 3 is 2.42 bits per heavy atom. The summed E-state index contributed by atoms with van der Waals surface area (Å²) in [4.78, 5) is 23.3. The van der Waals surface area contributed by atoms with E-state index in [1.165, 1.54) is 13.1 Å². The molecule has 0 aliphatic heterocycles. The van der Waals surface area contributed by atoms with Gasteiger partial charge in [0.1, 0.15) is 11.6 Å². The largest absolute Gasteiger partial charge is 0.355 e. The van der Waals surface area contributed by atoms with E-state index in [-0.39, 0.29) is 18.0 Å². The van der Waals surface area contributed by atoms with Crippen LogP contribution < -0.4 is 10.6 Å². The van der Waals surface area contributed by atoms with E-state index in [4.69, 9.17) is 0 Å². The highest BCUT2D eigenvalue weighted by Crippen LogP contribution is 2.13. The highest BCUT2D eigenvalue weighted by Gasteiger charge is 2.06. The molecule has 0 atom stereocenters. The van der Waals surface area contributed by atoms with Crippen LogP contribution in [0.1, 0.15) is 21.5 Å². The van der Waals surface area contributed by atoms with E-state index in [0.717, 1.165) is 29.8 Å². The molecule has 2 aromatic carbocycles. The van der Waals surface area contributed by atoms with Gasteiger partial charge in [0.15, 0.2) is 0 Å². The van der Waals surface area contributed by atoms with Crippen molar-refractivity contribution in [3.63, 3.8) is 0 Å². The molecule has 0 aromatic heterocycles. The van der Waals surface area contributed by atoms with Crippen LogP contribution in [0.15, 0.2) is 48.5 Å². The quantitative estimate of drug-likeness (QED) is 0.828. The van der Waals surface area contributed by atoms with E-state index < -0.39 is 17.5 Å². The normalized spacial score (nSPS) is 10.6. The van der Waals surface area contributed by atoms with E-state index in [9.17, 15) is 18.4 Å². The maximum Gasteiger partial charge on any atom is 0.251 e. The van der Waals surface area contributed by atoms with Gasteiger partial charge in [0.2, 0.25) is 5.91 Å². The first-order chi connectivity index (χ1) is 11.5. The molecule has 0 saturated carbocycles. The fraction of sp³-hybridized carbons (Fsp3) is 0.111. The molecule has 4 nitrogen and oxygen atoms in total. The maximum atomic E-state index is 13.4. The predicted octanol–water partition coefficient (Wildman–Crippen LogP) is 2.65. The number of hydrogen-bond acceptors (Lipinski definition) is 2. The van der Waals surface area contributed by atoms with E-state index in [1.807, 2.05) is 0 Å². The average molecular weight is 330 g/mol. The summed E-state index contributed by atoms with van der Waals surface area (Å²) in [5.74, 6) is -2.20. The fourth-order valence-electron chi connectivity index (χ4n) is 2.04. The summed E-state index contributed by atoms with van der Waals surface area (Å²) >= 11 is 0.